The van der Waals surface area contributed by atoms with Crippen LogP contribution in [0.15, 0.2) is 36.5 Å². The van der Waals surface area contributed by atoms with E-state index < -0.39 is 26.5 Å². The van der Waals surface area contributed by atoms with E-state index in [4.69, 9.17) is 18.5 Å². The van der Waals surface area contributed by atoms with Gasteiger partial charge in [-0.3, -0.25) is 14.2 Å². The molecule has 2 unspecified atom stereocenters. The molecule has 0 fully saturated rings. The van der Waals surface area contributed by atoms with Crippen LogP contribution in [0.5, 0.6) is 0 Å². The minimum atomic E-state index is -4.63. The van der Waals surface area contributed by atoms with Gasteiger partial charge in [0.2, 0.25) is 0 Å². The second-order valence-corrected chi connectivity index (χ2v) is 20.3. The number of hydrogen-bond acceptors (Lipinski definition) is 8. The molecule has 0 rings (SSSR count). The summed E-state index contributed by atoms with van der Waals surface area (Å²) in [5.41, 5.74) is 0. The molecule has 0 amide bonds. The average Bonchev–Trinajstić information content (AvgIpc) is 3.24. The highest BCUT2D eigenvalue weighted by molar-refractivity contribution is 7.45. The maximum Gasteiger partial charge on any atom is 0.306 e. The van der Waals surface area contributed by atoms with E-state index in [0.29, 0.717) is 17.4 Å². The van der Waals surface area contributed by atoms with Crippen LogP contribution in [0, 0.1) is 0 Å². The minimum Gasteiger partial charge on any atom is -0.756 e. The van der Waals surface area contributed by atoms with Crippen molar-refractivity contribution in [2.24, 2.45) is 0 Å². The van der Waals surface area contributed by atoms with Crippen LogP contribution >= 0.6 is 7.82 Å². The number of phosphoric ester groups is 1. The number of likely N-dealkylation sites (N-methyl/N-ethyl adjacent to an activating group) is 1. The monoisotopic (exact) mass is 910 g/mol. The van der Waals surface area contributed by atoms with Gasteiger partial charge >= 0.3 is 11.9 Å². The number of carbonyl (C=O) groups is 2. The van der Waals surface area contributed by atoms with Gasteiger partial charge in [0.15, 0.2) is 6.10 Å². The topological polar surface area (TPSA) is 111 Å². The van der Waals surface area contributed by atoms with Crippen LogP contribution < -0.4 is 4.89 Å². The normalized spacial score (nSPS) is 13.7. The third-order valence-electron chi connectivity index (χ3n) is 11.4. The quantitative estimate of drug-likeness (QED) is 0.0195. The van der Waals surface area contributed by atoms with Gasteiger partial charge in [0.25, 0.3) is 7.82 Å². The number of carbonyl (C=O) groups excluding carboxylic acids is 2. The van der Waals surface area contributed by atoms with Crippen LogP contribution in [0.1, 0.15) is 239 Å². The smallest absolute Gasteiger partial charge is 0.306 e. The van der Waals surface area contributed by atoms with Crippen molar-refractivity contribution in [3.63, 3.8) is 0 Å². The summed E-state index contributed by atoms with van der Waals surface area (Å²) in [6.07, 6.45) is 53.1. The highest BCUT2D eigenvalue weighted by atomic mass is 31.2. The van der Waals surface area contributed by atoms with Crippen LogP contribution in [0.2, 0.25) is 0 Å². The van der Waals surface area contributed by atoms with E-state index in [9.17, 15) is 19.0 Å². The lowest BCUT2D eigenvalue weighted by atomic mass is 10.1. The summed E-state index contributed by atoms with van der Waals surface area (Å²) in [5.74, 6) is -0.837. The molecule has 10 heteroatoms. The number of nitrogens with zero attached hydrogens (tertiary/aromatic N) is 1. The Bertz CT molecular complexity index is 1170. The number of esters is 2. The molecule has 0 saturated carbocycles. The van der Waals surface area contributed by atoms with Crippen LogP contribution in [0.25, 0.3) is 0 Å². The van der Waals surface area contributed by atoms with Gasteiger partial charge in [0, 0.05) is 12.8 Å². The van der Waals surface area contributed by atoms with Crippen molar-refractivity contribution in [3.8, 4) is 0 Å². The molecule has 0 heterocycles. The number of hydrogen-bond donors (Lipinski definition) is 0. The predicted octanol–water partition coefficient (Wildman–Crippen LogP) is 15.0. The highest BCUT2D eigenvalue weighted by Gasteiger charge is 2.21. The van der Waals surface area contributed by atoms with Crippen molar-refractivity contribution in [2.75, 3.05) is 47.5 Å². The maximum absolute atomic E-state index is 12.7. The molecule has 2 atom stereocenters. The first kappa shape index (κ1) is 61.2. The Kier molecular flexibility index (Phi) is 44.1. The van der Waals surface area contributed by atoms with Gasteiger partial charge in [0.1, 0.15) is 19.8 Å². The fourth-order valence-corrected chi connectivity index (χ4v) is 8.00. The van der Waals surface area contributed by atoms with E-state index in [-0.39, 0.29) is 32.0 Å². The van der Waals surface area contributed by atoms with Crippen molar-refractivity contribution in [1.29, 1.82) is 0 Å². The van der Waals surface area contributed by atoms with E-state index >= 15 is 0 Å². The summed E-state index contributed by atoms with van der Waals surface area (Å²) in [6.45, 7) is 4.24. The number of rotatable bonds is 48. The molecular formula is C53H100NO8P. The zero-order valence-electron chi connectivity index (χ0n) is 41.8. The first-order valence-electron chi connectivity index (χ1n) is 26.2. The van der Waals surface area contributed by atoms with E-state index in [0.717, 1.165) is 64.2 Å². The molecule has 370 valence electrons. The molecule has 63 heavy (non-hydrogen) atoms. The third-order valence-corrected chi connectivity index (χ3v) is 12.3. The van der Waals surface area contributed by atoms with Crippen LogP contribution in [-0.2, 0) is 32.7 Å². The third kappa shape index (κ3) is 49.5. The van der Waals surface area contributed by atoms with Crippen molar-refractivity contribution in [1.82, 2.24) is 0 Å². The summed E-state index contributed by atoms with van der Waals surface area (Å²) in [4.78, 5) is 37.7. The first-order valence-corrected chi connectivity index (χ1v) is 27.7. The predicted molar refractivity (Wildman–Crippen MR) is 264 cm³/mol. The number of quaternary nitrogens is 1. The van der Waals surface area contributed by atoms with Gasteiger partial charge in [-0.05, 0) is 70.6 Å². The molecule has 0 aromatic rings. The Labute approximate surface area is 389 Å². The molecule has 0 N–H and O–H groups in total. The Morgan fingerprint density at radius 1 is 0.492 bits per heavy atom. The number of allylic oxidation sites excluding steroid dienone is 6. The summed E-state index contributed by atoms with van der Waals surface area (Å²) >= 11 is 0. The molecular weight excluding hydrogens is 810 g/mol. The van der Waals surface area contributed by atoms with Gasteiger partial charge < -0.3 is 27.9 Å². The molecule has 9 nitrogen and oxygen atoms in total. The number of ether oxygens (including phenoxy) is 2. The van der Waals surface area contributed by atoms with E-state index in [1.54, 1.807) is 0 Å². The minimum absolute atomic E-state index is 0.0320. The molecule has 0 aliphatic heterocycles. The highest BCUT2D eigenvalue weighted by Crippen LogP contribution is 2.38. The molecule has 0 aliphatic rings. The van der Waals surface area contributed by atoms with Crippen molar-refractivity contribution in [3.05, 3.63) is 36.5 Å². The fraction of sp³-hybridized carbons (Fsp3) is 0.849. The molecule has 0 bridgehead atoms. The van der Waals surface area contributed by atoms with Crippen molar-refractivity contribution < 1.29 is 42.1 Å². The molecule has 0 aromatic carbocycles. The molecule has 0 spiro atoms. The summed E-state index contributed by atoms with van der Waals surface area (Å²) in [7, 11) is 1.16. The van der Waals surface area contributed by atoms with Gasteiger partial charge in [-0.2, -0.15) is 0 Å². The summed E-state index contributed by atoms with van der Waals surface area (Å²) in [5, 5.41) is 0. The molecule has 0 saturated heterocycles. The van der Waals surface area contributed by atoms with E-state index in [1.807, 2.05) is 21.1 Å². The summed E-state index contributed by atoms with van der Waals surface area (Å²) < 4.78 is 34.1. The van der Waals surface area contributed by atoms with E-state index in [2.05, 4.69) is 50.3 Å². The van der Waals surface area contributed by atoms with Crippen LogP contribution in [-0.4, -0.2) is 70.0 Å². The number of unbranched alkanes of at least 4 members (excludes halogenated alkanes) is 28. The SMILES string of the molecule is CCCCCCC/C=C\C/C=C\CCCCCCCCCCCC(=O)OC(COC(=O)CCCCCCCCC/C=C\CCCCCCCCC)COP(=O)([O-])OCC[N+](C)(C)C. The Morgan fingerprint density at radius 2 is 0.857 bits per heavy atom. The maximum atomic E-state index is 12.7. The largest absolute Gasteiger partial charge is 0.756 e. The Hall–Kier alpha value is -1.77. The lowest BCUT2D eigenvalue weighted by molar-refractivity contribution is -0.870. The van der Waals surface area contributed by atoms with Gasteiger partial charge in [-0.15, -0.1) is 0 Å². The molecule has 0 aromatic heterocycles. The zero-order chi connectivity index (χ0) is 46.4. The fourth-order valence-electron chi connectivity index (χ4n) is 7.27. The number of phosphoric acid groups is 1. The zero-order valence-corrected chi connectivity index (χ0v) is 42.7. The van der Waals surface area contributed by atoms with Crippen LogP contribution in [0.4, 0.5) is 0 Å². The Balaban J connectivity index is 4.25. The van der Waals surface area contributed by atoms with Gasteiger partial charge in [-0.25, -0.2) is 0 Å². The van der Waals surface area contributed by atoms with Crippen molar-refractivity contribution >= 4 is 19.8 Å². The standard InChI is InChI=1S/C53H100NO8P/c1-6-8-10-12-14-16-18-20-22-24-26-27-28-30-32-34-36-38-40-42-44-46-53(56)62-51(50-61-63(57,58)60-48-47-54(3,4)5)49-59-52(55)45-43-41-39-37-35-33-31-29-25-23-21-19-17-15-13-11-9-7-2/h18,20,23-26,51H,6-17,19,21-22,27-50H2,1-5H3/b20-18-,25-23-,26-24-. The second kappa shape index (κ2) is 45.4. The van der Waals surface area contributed by atoms with Gasteiger partial charge in [0.05, 0.1) is 27.7 Å². The average molecular weight is 910 g/mol. The van der Waals surface area contributed by atoms with Gasteiger partial charge in [-0.1, -0.05) is 192 Å². The van der Waals surface area contributed by atoms with Crippen LogP contribution in [0.3, 0.4) is 0 Å². The Morgan fingerprint density at radius 3 is 1.27 bits per heavy atom. The van der Waals surface area contributed by atoms with Crippen molar-refractivity contribution in [2.45, 2.75) is 245 Å². The first-order chi connectivity index (χ1) is 30.5. The second-order valence-electron chi connectivity index (χ2n) is 18.9. The lowest BCUT2D eigenvalue weighted by Gasteiger charge is -2.28. The summed E-state index contributed by atoms with van der Waals surface area (Å²) in [6, 6.07) is 0. The van der Waals surface area contributed by atoms with E-state index in [1.165, 1.54) is 141 Å². The molecule has 0 radical (unpaired) electrons. The lowest BCUT2D eigenvalue weighted by Crippen LogP contribution is -2.37. The molecule has 0 aliphatic carbocycles.